The molecule has 0 saturated heterocycles. The number of likely N-dealkylation sites (N-methyl/N-ethyl adjacent to an activating group) is 2. The Kier molecular flexibility index (Phi) is 21.3. The Morgan fingerprint density at radius 2 is 0.825 bits per heavy atom. The summed E-state index contributed by atoms with van der Waals surface area (Å²) in [6.07, 6.45) is 8.71. The Morgan fingerprint density at radius 1 is 0.515 bits per heavy atom. The second-order valence-electron chi connectivity index (χ2n) is 20.9. The third-order valence-corrected chi connectivity index (χ3v) is 14.3. The quantitative estimate of drug-likeness (QED) is 0.0707. The number of benzene rings is 3. The molecular weight excluding hydrogens is 1240 g/mol. The molecule has 0 aliphatic rings. The van der Waals surface area contributed by atoms with E-state index in [0.29, 0.717) is 51.5 Å². The number of amides is 6. The third kappa shape index (κ3) is 16.3. The number of halogens is 1. The fourth-order valence-electron chi connectivity index (χ4n) is 9.45. The van der Waals surface area contributed by atoms with E-state index >= 15 is 0 Å². The van der Waals surface area contributed by atoms with Gasteiger partial charge in [0.25, 0.3) is 35.4 Å². The zero-order chi connectivity index (χ0) is 71.0. The average Bonchev–Trinajstić information content (AvgIpc) is 1.44. The first kappa shape index (κ1) is 65.1. The number of esters is 1. The SMILES string of the molecule is COC(=O)CN(C)C(=O)c1cnn(C)c1C(=O)Nc1ccn2nc(-c3ccccc3)nc2c1.[3H-].[3H]C([3H])(F)CN(C)C(=O)c1cnn(C)c1C(=O)Nc1ccn2nc(-c3ccccc3)nc2c1.[3H]C([3H])(O)CN(C)C(=O)c1cnn(C)c1C(=O)Nc1ccn2nc(-c3ccccc3)nc2c1.[B].[Li+]. The Balaban J connectivity index is 0.000000211. The molecule has 9 aromatic heterocycles. The van der Waals surface area contributed by atoms with Crippen LogP contribution in [0.5, 0.6) is 0 Å². The molecule has 9 heterocycles. The van der Waals surface area contributed by atoms with Crippen LogP contribution in [0.15, 0.2) is 165 Å². The number of fused-ring (bicyclic) bond motifs is 3. The van der Waals surface area contributed by atoms with Gasteiger partial charge in [-0.15, -0.1) is 15.3 Å². The zero-order valence-electron chi connectivity index (χ0n) is 58.4. The standard InChI is InChI=1S/C22H21N7O4.C21H20FN7O2.C21H21N7O3.B.Li.H/c1-27(13-18(30)33-3)22(32)16-12-23-28(2)19(16)21(31)24-15-9-10-29-17(11-15)25-20(26-29)14-7-5-4-6-8-14;1-27(11-9-22)21(31)16-13-23-28(2)18(16)20(30)24-15-8-10-29-17(12-15)25-19(26-29)14-6-4-3-5-7-14;1-26(10-11-29)21(31)16-13-22-27(2)18(16)20(30)23-15-8-9-28-17(12-15)24-19(25-28)14-6-4-3-5-7-14;;;/h4-12H,13H2,1-3H3,(H,24,31);3-8,10,12-13H,9,11H2,1-2H3,(H,24,30);3-9,12-13,29H,10-11H2,1-2H3,(H,23,30);;;/q;;;;+1;-1/i;9T2;11T2;;;1+2. The van der Waals surface area contributed by atoms with Crippen molar-refractivity contribution in [2.45, 2.75) is 0 Å². The van der Waals surface area contributed by atoms with Crippen LogP contribution in [0.1, 0.15) is 69.4 Å². The number of aromatic nitrogens is 15. The Hall–Kier alpha value is -12.0. The summed E-state index contributed by atoms with van der Waals surface area (Å²) in [5.74, 6) is -2.55. The number of aliphatic hydroxyl groups is 1. The number of hydrogen-bond acceptors (Lipinski definition) is 18. The maximum Gasteiger partial charge on any atom is 1.00 e. The second kappa shape index (κ2) is 31.7. The van der Waals surface area contributed by atoms with Crippen LogP contribution >= 0.6 is 0 Å². The number of carbonyl (C=O) groups excluding carboxylic acids is 7. The smallest absolute Gasteiger partial charge is 1.00 e. The maximum absolute atomic E-state index is 13.3. The average molecular weight is 1320 g/mol. The number of anilines is 3. The molecule has 6 amide bonds. The van der Waals surface area contributed by atoms with Crippen molar-refractivity contribution in [2.24, 2.45) is 21.1 Å². The minimum atomic E-state index is -3.07. The van der Waals surface area contributed by atoms with Gasteiger partial charge in [0.15, 0.2) is 34.4 Å². The molecule has 0 aliphatic heterocycles. The predicted molar refractivity (Wildman–Crippen MR) is 352 cm³/mol. The normalized spacial score (nSPS) is 11.6. The number of ether oxygens (including phenoxy) is 1. The summed E-state index contributed by atoms with van der Waals surface area (Å²) in [4.78, 5) is 105. The van der Waals surface area contributed by atoms with Crippen molar-refractivity contribution in [3.63, 3.8) is 0 Å². The summed E-state index contributed by atoms with van der Waals surface area (Å²) < 4.78 is 55.0. The molecular formula is C64H63BFLiN21O9. The topological polar surface area (TPSA) is 339 Å². The van der Waals surface area contributed by atoms with E-state index in [2.05, 4.69) is 66.2 Å². The van der Waals surface area contributed by atoms with Gasteiger partial charge in [-0.05, 0) is 18.2 Å². The van der Waals surface area contributed by atoms with Gasteiger partial charge in [-0.2, -0.15) is 15.3 Å². The Morgan fingerprint density at radius 3 is 1.12 bits per heavy atom. The number of nitrogens with one attached hydrogen (secondary N) is 3. The van der Waals surface area contributed by atoms with Gasteiger partial charge in [-0.3, -0.25) is 47.6 Å². The molecule has 12 aromatic rings. The molecule has 97 heavy (non-hydrogen) atoms. The van der Waals surface area contributed by atoms with Crippen LogP contribution in [0, 0.1) is 0 Å². The van der Waals surface area contributed by atoms with Crippen molar-refractivity contribution >= 4 is 83.8 Å². The van der Waals surface area contributed by atoms with E-state index in [1.807, 2.05) is 91.0 Å². The van der Waals surface area contributed by atoms with Gasteiger partial charge in [0.1, 0.15) is 30.3 Å². The van der Waals surface area contributed by atoms with Gasteiger partial charge in [0.2, 0.25) is 0 Å². The second-order valence-corrected chi connectivity index (χ2v) is 20.9. The van der Waals surface area contributed by atoms with Gasteiger partial charge >= 0.3 is 24.8 Å². The van der Waals surface area contributed by atoms with E-state index in [4.69, 9.17) is 5.48 Å². The molecule has 30 nitrogen and oxygen atoms in total. The van der Waals surface area contributed by atoms with E-state index in [9.17, 15) is 43.1 Å². The van der Waals surface area contributed by atoms with E-state index in [-0.39, 0.29) is 69.0 Å². The van der Waals surface area contributed by atoms with Crippen molar-refractivity contribution < 1.29 is 73.6 Å². The van der Waals surface area contributed by atoms with Crippen LogP contribution in [-0.4, -0.2) is 204 Å². The summed E-state index contributed by atoms with van der Waals surface area (Å²) in [5, 5.41) is 42.8. The van der Waals surface area contributed by atoms with Crippen LogP contribution in [-0.2, 0) is 30.7 Å². The minimum Gasteiger partial charge on any atom is -1.00 e. The largest absolute Gasteiger partial charge is 1.00 e. The maximum atomic E-state index is 13.3. The number of aryl methyl sites for hydroxylation is 3. The fourth-order valence-corrected chi connectivity index (χ4v) is 9.45. The molecule has 0 aliphatic carbocycles. The molecule has 0 fully saturated rings. The summed E-state index contributed by atoms with van der Waals surface area (Å²) in [5.41, 5.74) is 5.51. The molecule has 3 aromatic carbocycles. The molecule has 0 saturated carbocycles. The molecule has 12 rings (SSSR count). The number of alkyl halides is 1. The van der Waals surface area contributed by atoms with Gasteiger partial charge < -0.3 is 41.9 Å². The first-order valence-corrected chi connectivity index (χ1v) is 28.6. The van der Waals surface area contributed by atoms with Gasteiger partial charge in [0.05, 0.1) is 54.4 Å². The number of rotatable bonds is 18. The van der Waals surface area contributed by atoms with Gasteiger partial charge in [0, 0.05) is 134 Å². The van der Waals surface area contributed by atoms with Gasteiger partial charge in [-0.25, -0.2) is 32.9 Å². The van der Waals surface area contributed by atoms with Crippen LogP contribution in [0.4, 0.5) is 21.5 Å². The summed E-state index contributed by atoms with van der Waals surface area (Å²) >= 11 is 0. The number of methoxy groups -OCH3 is 1. The molecule has 0 atom stereocenters. The van der Waals surface area contributed by atoms with Crippen LogP contribution in [0.2, 0.25) is 0 Å². The number of hydrogen-bond donors (Lipinski definition) is 4. The summed E-state index contributed by atoms with van der Waals surface area (Å²) in [6, 6.07) is 38.4. The molecule has 4 N–H and O–H groups in total. The molecule has 489 valence electrons. The van der Waals surface area contributed by atoms with Gasteiger partial charge in [-0.1, -0.05) is 91.0 Å². The van der Waals surface area contributed by atoms with Crippen LogP contribution < -0.4 is 34.8 Å². The fraction of sp³-hybridized carbons (Fsp3) is 0.188. The summed E-state index contributed by atoms with van der Waals surface area (Å²) in [7, 11) is 9.82. The van der Waals surface area contributed by atoms with Crippen molar-refractivity contribution in [3.8, 4) is 34.2 Å². The van der Waals surface area contributed by atoms with E-state index in [1.165, 1.54) is 75.0 Å². The van der Waals surface area contributed by atoms with Crippen molar-refractivity contribution in [1.82, 2.24) is 87.8 Å². The molecule has 0 unspecified atom stereocenters. The van der Waals surface area contributed by atoms with Crippen molar-refractivity contribution in [3.05, 3.63) is 198 Å². The van der Waals surface area contributed by atoms with E-state index < -0.39 is 67.7 Å². The van der Waals surface area contributed by atoms with E-state index in [1.54, 1.807) is 75.6 Å². The monoisotopic (exact) mass is 1320 g/mol. The molecule has 3 radical (unpaired) electrons. The van der Waals surface area contributed by atoms with Crippen LogP contribution in [0.25, 0.3) is 51.1 Å². The third-order valence-electron chi connectivity index (χ3n) is 14.3. The van der Waals surface area contributed by atoms with Crippen LogP contribution in [0.3, 0.4) is 0 Å². The zero-order valence-corrected chi connectivity index (χ0v) is 53.4. The first-order valence-electron chi connectivity index (χ1n) is 30.6. The van der Waals surface area contributed by atoms with Crippen molar-refractivity contribution in [1.29, 1.82) is 0 Å². The first-order chi connectivity index (χ1) is 47.1. The molecule has 0 spiro atoms. The van der Waals surface area contributed by atoms with Crippen molar-refractivity contribution in [2.75, 3.05) is 77.0 Å². The Labute approximate surface area is 573 Å². The van der Waals surface area contributed by atoms with E-state index in [0.717, 1.165) is 31.4 Å². The molecule has 0 bridgehead atoms. The molecule has 33 heteroatoms. The Bertz CT molecular complexity index is 4800. The minimum absolute atomic E-state index is 0. The number of pyridine rings is 3. The number of nitrogens with zero attached hydrogens (tertiary/aromatic N) is 18. The number of carbonyl (C=O) groups is 7. The predicted octanol–water partition coefficient (Wildman–Crippen LogP) is 2.23. The summed E-state index contributed by atoms with van der Waals surface area (Å²) in [6.45, 7) is -7.23.